The highest BCUT2D eigenvalue weighted by molar-refractivity contribution is 7.99. The van der Waals surface area contributed by atoms with Gasteiger partial charge in [-0.15, -0.1) is 10.2 Å². The molecule has 0 unspecified atom stereocenters. The van der Waals surface area contributed by atoms with Crippen LogP contribution in [0.4, 0.5) is 18.9 Å². The predicted molar refractivity (Wildman–Crippen MR) is 94.7 cm³/mol. The molecule has 28 heavy (non-hydrogen) atoms. The zero-order valence-corrected chi connectivity index (χ0v) is 15.5. The van der Waals surface area contributed by atoms with Crippen LogP contribution in [0.15, 0.2) is 35.4 Å². The van der Waals surface area contributed by atoms with Crippen molar-refractivity contribution >= 4 is 29.0 Å². The van der Waals surface area contributed by atoms with Gasteiger partial charge < -0.3 is 14.8 Å². The maximum atomic E-state index is 12.9. The van der Waals surface area contributed by atoms with Crippen LogP contribution in [-0.2, 0) is 11.0 Å². The Hall–Kier alpha value is -3.02. The Kier molecular flexibility index (Phi) is 5.58. The van der Waals surface area contributed by atoms with Crippen LogP contribution in [0.5, 0.6) is 11.5 Å². The van der Waals surface area contributed by atoms with E-state index in [-0.39, 0.29) is 22.3 Å². The summed E-state index contributed by atoms with van der Waals surface area (Å²) in [6.45, 7) is 0. The van der Waals surface area contributed by atoms with Crippen molar-refractivity contribution in [3.05, 3.63) is 36.2 Å². The lowest BCUT2D eigenvalue weighted by Crippen LogP contribution is -2.15. The van der Waals surface area contributed by atoms with Gasteiger partial charge in [0.2, 0.25) is 5.91 Å². The Morgan fingerprint density at radius 1 is 1.14 bits per heavy atom. The molecule has 0 aliphatic heterocycles. The van der Waals surface area contributed by atoms with Gasteiger partial charge in [-0.1, -0.05) is 11.8 Å². The number of rotatable bonds is 6. The Labute approximate surface area is 161 Å². The van der Waals surface area contributed by atoms with Crippen molar-refractivity contribution in [3.8, 4) is 11.5 Å². The first-order chi connectivity index (χ1) is 13.3. The van der Waals surface area contributed by atoms with E-state index in [4.69, 9.17) is 9.47 Å². The van der Waals surface area contributed by atoms with Crippen LogP contribution >= 0.6 is 11.8 Å². The van der Waals surface area contributed by atoms with E-state index in [0.29, 0.717) is 21.7 Å². The molecule has 0 aliphatic carbocycles. The maximum absolute atomic E-state index is 12.9. The second-order valence-electron chi connectivity index (χ2n) is 5.40. The number of nitrogens with one attached hydrogen (secondary N) is 1. The van der Waals surface area contributed by atoms with Gasteiger partial charge in [0.25, 0.3) is 5.82 Å². The molecule has 0 bridgehead atoms. The molecule has 2 heterocycles. The minimum atomic E-state index is -4.68. The van der Waals surface area contributed by atoms with E-state index >= 15 is 0 Å². The van der Waals surface area contributed by atoms with E-state index in [0.717, 1.165) is 11.8 Å². The second-order valence-corrected chi connectivity index (χ2v) is 6.40. The lowest BCUT2D eigenvalue weighted by atomic mass is 10.2. The number of halogens is 3. The number of ether oxygens (including phenoxy) is 2. The first kappa shape index (κ1) is 19.7. The van der Waals surface area contributed by atoms with Crippen LogP contribution < -0.4 is 14.8 Å². The number of nitrogens with zero attached hydrogens (tertiary/aromatic N) is 4. The van der Waals surface area contributed by atoms with Gasteiger partial charge in [-0.3, -0.25) is 4.79 Å². The number of fused-ring (bicyclic) bond motifs is 1. The van der Waals surface area contributed by atoms with Crippen molar-refractivity contribution < 1.29 is 27.4 Å². The van der Waals surface area contributed by atoms with Gasteiger partial charge in [-0.05, 0) is 12.1 Å². The van der Waals surface area contributed by atoms with Gasteiger partial charge in [-0.2, -0.15) is 22.8 Å². The fraction of sp³-hybridized carbons (Fsp3) is 0.250. The molecule has 2 aromatic heterocycles. The number of methoxy groups -OCH3 is 2. The first-order valence-corrected chi connectivity index (χ1v) is 8.74. The molecule has 0 aliphatic rings. The predicted octanol–water partition coefficient (Wildman–Crippen LogP) is 2.89. The average Bonchev–Trinajstić information content (AvgIpc) is 3.09. The van der Waals surface area contributed by atoms with Crippen LogP contribution in [0, 0.1) is 0 Å². The summed E-state index contributed by atoms with van der Waals surface area (Å²) in [5, 5.41) is 13.3. The molecule has 0 saturated heterocycles. The molecule has 1 N–H and O–H groups in total. The number of amides is 1. The fourth-order valence-electron chi connectivity index (χ4n) is 2.24. The third-order valence-corrected chi connectivity index (χ3v) is 4.40. The van der Waals surface area contributed by atoms with E-state index in [1.807, 2.05) is 0 Å². The van der Waals surface area contributed by atoms with Gasteiger partial charge in [0.05, 0.1) is 20.0 Å². The van der Waals surface area contributed by atoms with Crippen LogP contribution in [0.3, 0.4) is 0 Å². The zero-order valence-electron chi connectivity index (χ0n) is 14.6. The van der Waals surface area contributed by atoms with E-state index in [1.54, 1.807) is 18.2 Å². The molecule has 8 nitrogen and oxygen atoms in total. The maximum Gasteiger partial charge on any atom is 0.453 e. The summed E-state index contributed by atoms with van der Waals surface area (Å²) in [7, 11) is 2.97. The molecule has 0 radical (unpaired) electrons. The highest BCUT2D eigenvalue weighted by atomic mass is 32.2. The Bertz CT molecular complexity index is 987. The zero-order chi connectivity index (χ0) is 20.3. The minimum absolute atomic E-state index is 0.0374. The number of benzene rings is 1. The number of carbonyl (C=O) groups is 1. The Morgan fingerprint density at radius 2 is 1.82 bits per heavy atom. The van der Waals surface area contributed by atoms with E-state index in [9.17, 15) is 18.0 Å². The molecular weight excluding hydrogens is 399 g/mol. The molecule has 3 rings (SSSR count). The third-order valence-electron chi connectivity index (χ3n) is 3.48. The highest BCUT2D eigenvalue weighted by Crippen LogP contribution is 2.28. The largest absolute Gasteiger partial charge is 0.497 e. The van der Waals surface area contributed by atoms with E-state index < -0.39 is 12.0 Å². The van der Waals surface area contributed by atoms with Crippen LogP contribution in [0.2, 0.25) is 0 Å². The highest BCUT2D eigenvalue weighted by Gasteiger charge is 2.37. The normalized spacial score (nSPS) is 11.5. The third kappa shape index (κ3) is 4.44. The molecule has 148 valence electrons. The van der Waals surface area contributed by atoms with Crippen molar-refractivity contribution in [3.63, 3.8) is 0 Å². The van der Waals surface area contributed by atoms with Gasteiger partial charge in [-0.25, -0.2) is 0 Å². The Morgan fingerprint density at radius 3 is 2.43 bits per heavy atom. The summed E-state index contributed by atoms with van der Waals surface area (Å²) >= 11 is 0.976. The number of carbonyl (C=O) groups excluding carboxylic acids is 1. The standard InChI is InChI=1S/C16H14F3N5O3S/c1-26-10-5-9(6-11(7-10)27-2)20-13(25)8-28-14-4-3-12-21-22-15(16(17,18)19)24(12)23-14/h3-7H,8H2,1-2H3,(H,20,25). The fourth-order valence-corrected chi connectivity index (χ4v) is 2.90. The number of anilines is 1. The van der Waals surface area contributed by atoms with Gasteiger partial charge in [0.1, 0.15) is 16.5 Å². The minimum Gasteiger partial charge on any atom is -0.497 e. The van der Waals surface area contributed by atoms with Crippen molar-refractivity contribution in [2.45, 2.75) is 11.2 Å². The second kappa shape index (κ2) is 7.92. The molecular formula is C16H14F3N5O3S. The topological polar surface area (TPSA) is 90.6 Å². The molecule has 1 amide bonds. The molecule has 0 atom stereocenters. The molecule has 0 spiro atoms. The van der Waals surface area contributed by atoms with E-state index in [2.05, 4.69) is 20.6 Å². The molecule has 0 fully saturated rings. The van der Waals surface area contributed by atoms with Crippen molar-refractivity contribution in [2.75, 3.05) is 25.3 Å². The summed E-state index contributed by atoms with van der Waals surface area (Å²) in [5.74, 6) is -0.662. The summed E-state index contributed by atoms with van der Waals surface area (Å²) in [5.41, 5.74) is 0.424. The monoisotopic (exact) mass is 413 g/mol. The number of thioether (sulfide) groups is 1. The van der Waals surface area contributed by atoms with Crippen molar-refractivity contribution in [2.24, 2.45) is 0 Å². The van der Waals surface area contributed by atoms with Crippen LogP contribution in [0.25, 0.3) is 5.65 Å². The number of aromatic nitrogens is 4. The molecule has 0 saturated carbocycles. The van der Waals surface area contributed by atoms with Gasteiger partial charge >= 0.3 is 6.18 Å². The molecule has 12 heteroatoms. The van der Waals surface area contributed by atoms with Crippen LogP contribution in [0.1, 0.15) is 5.82 Å². The van der Waals surface area contributed by atoms with Gasteiger partial charge in [0, 0.05) is 23.9 Å². The number of hydrogen-bond acceptors (Lipinski definition) is 7. The van der Waals surface area contributed by atoms with Crippen molar-refractivity contribution in [1.29, 1.82) is 0 Å². The van der Waals surface area contributed by atoms with Gasteiger partial charge in [0.15, 0.2) is 5.65 Å². The summed E-state index contributed by atoms with van der Waals surface area (Å²) < 4.78 is 49.6. The Balaban J connectivity index is 1.69. The number of alkyl halides is 3. The summed E-state index contributed by atoms with van der Waals surface area (Å²) in [6.07, 6.45) is -4.68. The summed E-state index contributed by atoms with van der Waals surface area (Å²) in [4.78, 5) is 12.2. The summed E-state index contributed by atoms with van der Waals surface area (Å²) in [6, 6.07) is 7.70. The van der Waals surface area contributed by atoms with E-state index in [1.165, 1.54) is 26.4 Å². The molecule has 3 aromatic rings. The first-order valence-electron chi connectivity index (χ1n) is 7.75. The SMILES string of the molecule is COc1cc(NC(=O)CSc2ccc3nnc(C(F)(F)F)n3n2)cc(OC)c1. The van der Waals surface area contributed by atoms with Crippen molar-refractivity contribution in [1.82, 2.24) is 19.8 Å². The van der Waals surface area contributed by atoms with Crippen LogP contribution in [-0.4, -0.2) is 45.7 Å². The smallest absolute Gasteiger partial charge is 0.453 e. The lowest BCUT2D eigenvalue weighted by Gasteiger charge is -2.10. The number of hydrogen-bond donors (Lipinski definition) is 1. The molecule has 1 aromatic carbocycles. The average molecular weight is 413 g/mol. The lowest BCUT2D eigenvalue weighted by molar-refractivity contribution is -0.146. The quantitative estimate of drug-likeness (QED) is 0.622.